The van der Waals surface area contributed by atoms with E-state index in [0.717, 1.165) is 22.7 Å². The molecule has 0 aliphatic carbocycles. The summed E-state index contributed by atoms with van der Waals surface area (Å²) in [6, 6.07) is 15.9. The van der Waals surface area contributed by atoms with E-state index in [4.69, 9.17) is 9.47 Å². The number of nitrogens with one attached hydrogen (secondary N) is 1. The molecule has 0 fully saturated rings. The van der Waals surface area contributed by atoms with E-state index in [1.807, 2.05) is 34.6 Å². The lowest BCUT2D eigenvalue weighted by molar-refractivity contribution is 0.102. The second-order valence-electron chi connectivity index (χ2n) is 7.86. The van der Waals surface area contributed by atoms with Crippen molar-refractivity contribution in [2.75, 3.05) is 11.9 Å². The van der Waals surface area contributed by atoms with Crippen LogP contribution in [0.3, 0.4) is 0 Å². The van der Waals surface area contributed by atoms with Crippen LogP contribution < -0.4 is 14.8 Å². The molecule has 0 atom stereocenters. The monoisotopic (exact) mass is 457 g/mol. The van der Waals surface area contributed by atoms with Crippen molar-refractivity contribution in [3.05, 3.63) is 82.9 Å². The maximum Gasteiger partial charge on any atom is 0.255 e. The molecule has 0 radical (unpaired) electrons. The van der Waals surface area contributed by atoms with Gasteiger partial charge in [-0.05, 0) is 88.7 Å². The van der Waals surface area contributed by atoms with Crippen molar-refractivity contribution in [1.29, 1.82) is 0 Å². The molecule has 2 aromatic carbocycles. The minimum atomic E-state index is -0.201. The lowest BCUT2D eigenvalue weighted by atomic mass is 10.2. The molecule has 0 aliphatic rings. The van der Waals surface area contributed by atoms with Crippen molar-refractivity contribution in [3.63, 3.8) is 0 Å². The lowest BCUT2D eigenvalue weighted by Gasteiger charge is -2.10. The van der Waals surface area contributed by atoms with E-state index in [-0.39, 0.29) is 5.91 Å². The van der Waals surface area contributed by atoms with Crippen LogP contribution in [-0.2, 0) is 0 Å². The predicted octanol–water partition coefficient (Wildman–Crippen LogP) is 5.34. The maximum atomic E-state index is 12.5. The Kier molecular flexibility index (Phi) is 6.58. The summed E-state index contributed by atoms with van der Waals surface area (Å²) in [7, 11) is 0. The predicted molar refractivity (Wildman–Crippen MR) is 130 cm³/mol. The molecular formula is C26H27N5O3. The number of rotatable bonds is 7. The Hall–Kier alpha value is -4.20. The number of ether oxygens (including phenoxy) is 2. The van der Waals surface area contributed by atoms with Gasteiger partial charge in [0.25, 0.3) is 5.91 Å². The number of benzene rings is 2. The first-order valence-electron chi connectivity index (χ1n) is 11.0. The molecule has 0 saturated heterocycles. The second kappa shape index (κ2) is 9.74. The van der Waals surface area contributed by atoms with Crippen molar-refractivity contribution in [2.45, 2.75) is 34.6 Å². The molecule has 8 heteroatoms. The average Bonchev–Trinajstić information content (AvgIpc) is 3.08. The summed E-state index contributed by atoms with van der Waals surface area (Å²) in [5, 5.41) is 7.45. The molecular weight excluding hydrogens is 430 g/mol. The van der Waals surface area contributed by atoms with Gasteiger partial charge in [0.05, 0.1) is 12.3 Å². The Morgan fingerprint density at radius 2 is 1.62 bits per heavy atom. The number of carbonyl (C=O) groups excluding carboxylic acids is 1. The molecule has 4 rings (SSSR count). The fraction of sp³-hybridized carbons (Fsp3) is 0.231. The smallest absolute Gasteiger partial charge is 0.255 e. The largest absolute Gasteiger partial charge is 0.494 e. The lowest BCUT2D eigenvalue weighted by Crippen LogP contribution is -2.11. The Bertz CT molecular complexity index is 1310. The Labute approximate surface area is 198 Å². The summed E-state index contributed by atoms with van der Waals surface area (Å²) < 4.78 is 13.2. The fourth-order valence-electron chi connectivity index (χ4n) is 3.43. The van der Waals surface area contributed by atoms with Crippen LogP contribution in [0.15, 0.2) is 54.6 Å². The zero-order chi connectivity index (χ0) is 24.2. The van der Waals surface area contributed by atoms with Gasteiger partial charge in [-0.3, -0.25) is 4.79 Å². The van der Waals surface area contributed by atoms with Gasteiger partial charge < -0.3 is 14.8 Å². The summed E-state index contributed by atoms with van der Waals surface area (Å²) in [6.07, 6.45) is 0. The molecule has 1 N–H and O–H groups in total. The number of anilines is 1. The van der Waals surface area contributed by atoms with Crippen LogP contribution in [-0.4, -0.2) is 32.3 Å². The van der Waals surface area contributed by atoms with Crippen molar-refractivity contribution in [3.8, 4) is 23.2 Å². The molecule has 4 aromatic rings. The molecule has 2 heterocycles. The number of aromatic nitrogens is 4. The van der Waals surface area contributed by atoms with Gasteiger partial charge in [-0.2, -0.15) is 10.1 Å². The van der Waals surface area contributed by atoms with E-state index in [1.165, 1.54) is 0 Å². The molecule has 0 bridgehead atoms. The van der Waals surface area contributed by atoms with Crippen LogP contribution in [0.5, 0.6) is 17.4 Å². The third kappa shape index (κ3) is 5.06. The number of hydrogen-bond acceptors (Lipinski definition) is 6. The van der Waals surface area contributed by atoms with Gasteiger partial charge in [-0.1, -0.05) is 0 Å². The first kappa shape index (κ1) is 23.0. The third-order valence-corrected chi connectivity index (χ3v) is 5.43. The van der Waals surface area contributed by atoms with Crippen LogP contribution >= 0.6 is 0 Å². The van der Waals surface area contributed by atoms with Gasteiger partial charge in [-0.15, -0.1) is 0 Å². The Morgan fingerprint density at radius 1 is 0.941 bits per heavy atom. The quantitative estimate of drug-likeness (QED) is 0.403. The fourth-order valence-corrected chi connectivity index (χ4v) is 3.43. The van der Waals surface area contributed by atoms with E-state index in [1.54, 1.807) is 59.3 Å². The highest BCUT2D eigenvalue weighted by Gasteiger charge is 2.13. The molecule has 0 spiro atoms. The molecule has 0 unspecified atom stereocenters. The number of aryl methyl sites for hydroxylation is 2. The van der Waals surface area contributed by atoms with Crippen molar-refractivity contribution < 1.29 is 14.3 Å². The number of nitrogens with zero attached hydrogens (tertiary/aromatic N) is 4. The highest BCUT2D eigenvalue weighted by atomic mass is 16.5. The van der Waals surface area contributed by atoms with Gasteiger partial charge in [-0.25, -0.2) is 9.67 Å². The van der Waals surface area contributed by atoms with Crippen LogP contribution in [0.25, 0.3) is 5.82 Å². The summed E-state index contributed by atoms with van der Waals surface area (Å²) in [5.74, 6) is 2.77. The first-order chi connectivity index (χ1) is 16.3. The molecule has 8 nitrogen and oxygen atoms in total. The zero-order valence-corrected chi connectivity index (χ0v) is 19.9. The topological polar surface area (TPSA) is 91.2 Å². The summed E-state index contributed by atoms with van der Waals surface area (Å²) >= 11 is 0. The highest BCUT2D eigenvalue weighted by molar-refractivity contribution is 6.04. The average molecular weight is 458 g/mol. The number of carbonyl (C=O) groups is 1. The van der Waals surface area contributed by atoms with Gasteiger partial charge in [0.2, 0.25) is 5.88 Å². The van der Waals surface area contributed by atoms with Gasteiger partial charge >= 0.3 is 0 Å². The number of amides is 1. The molecule has 1 amide bonds. The summed E-state index contributed by atoms with van der Waals surface area (Å²) in [6.45, 7) is 10.3. The number of hydrogen-bond donors (Lipinski definition) is 1. The van der Waals surface area contributed by atoms with Crippen molar-refractivity contribution >= 4 is 11.6 Å². The zero-order valence-electron chi connectivity index (χ0n) is 19.9. The van der Waals surface area contributed by atoms with Gasteiger partial charge in [0, 0.05) is 23.0 Å². The normalized spacial score (nSPS) is 10.7. The van der Waals surface area contributed by atoms with E-state index >= 15 is 0 Å². The van der Waals surface area contributed by atoms with Crippen LogP contribution in [0, 0.1) is 27.7 Å². The van der Waals surface area contributed by atoms with Crippen molar-refractivity contribution in [2.24, 2.45) is 0 Å². The first-order valence-corrected chi connectivity index (χ1v) is 11.0. The second-order valence-corrected chi connectivity index (χ2v) is 7.86. The molecule has 174 valence electrons. The van der Waals surface area contributed by atoms with E-state index in [0.29, 0.717) is 41.1 Å². The minimum absolute atomic E-state index is 0.201. The highest BCUT2D eigenvalue weighted by Crippen LogP contribution is 2.24. The van der Waals surface area contributed by atoms with Crippen LogP contribution in [0.1, 0.15) is 40.1 Å². The third-order valence-electron chi connectivity index (χ3n) is 5.43. The standard InChI is InChI=1S/C26H27N5O3/c1-6-33-22-11-7-20(8-12-22)26(32)29-21-9-13-23(14-10-21)34-25-15-24(27-19(5)28-25)31-18(4)16(2)17(3)30-31/h7-15H,6H2,1-5H3,(H,29,32). The van der Waals surface area contributed by atoms with Crippen LogP contribution in [0.4, 0.5) is 5.69 Å². The molecule has 34 heavy (non-hydrogen) atoms. The van der Waals surface area contributed by atoms with E-state index in [9.17, 15) is 4.79 Å². The summed E-state index contributed by atoms with van der Waals surface area (Å²) in [5.41, 5.74) is 4.31. The Balaban J connectivity index is 1.46. The Morgan fingerprint density at radius 3 is 2.24 bits per heavy atom. The van der Waals surface area contributed by atoms with Gasteiger partial charge in [0.15, 0.2) is 5.82 Å². The van der Waals surface area contributed by atoms with E-state index < -0.39 is 0 Å². The van der Waals surface area contributed by atoms with Gasteiger partial charge in [0.1, 0.15) is 17.3 Å². The minimum Gasteiger partial charge on any atom is -0.494 e. The molecule has 2 aromatic heterocycles. The molecule has 0 saturated carbocycles. The maximum absolute atomic E-state index is 12.5. The van der Waals surface area contributed by atoms with Crippen molar-refractivity contribution in [1.82, 2.24) is 19.7 Å². The molecule has 0 aliphatic heterocycles. The van der Waals surface area contributed by atoms with Crippen LogP contribution in [0.2, 0.25) is 0 Å². The SMILES string of the molecule is CCOc1ccc(C(=O)Nc2ccc(Oc3cc(-n4nc(C)c(C)c4C)nc(C)n3)cc2)cc1. The summed E-state index contributed by atoms with van der Waals surface area (Å²) in [4.78, 5) is 21.4. The van der Waals surface area contributed by atoms with E-state index in [2.05, 4.69) is 20.4 Å².